The van der Waals surface area contributed by atoms with E-state index in [0.29, 0.717) is 23.0 Å². The molecule has 3 aromatic rings. The van der Waals surface area contributed by atoms with Crippen molar-refractivity contribution < 1.29 is 9.90 Å². The number of nitrogens with two attached hydrogens (primary N) is 1. The summed E-state index contributed by atoms with van der Waals surface area (Å²) < 4.78 is 0. The number of nitrogens with one attached hydrogen (secondary N) is 2. The van der Waals surface area contributed by atoms with Crippen LogP contribution in [0.15, 0.2) is 59.4 Å². The third kappa shape index (κ3) is 3.44. The Balaban J connectivity index is 1.76. The first-order chi connectivity index (χ1) is 11.5. The fourth-order valence-electron chi connectivity index (χ4n) is 2.51. The Kier molecular flexibility index (Phi) is 4.31. The lowest BCUT2D eigenvalue weighted by molar-refractivity contribution is -0.117. The first kappa shape index (κ1) is 15.8. The molecule has 24 heavy (non-hydrogen) atoms. The van der Waals surface area contributed by atoms with Crippen LogP contribution in [0.3, 0.4) is 0 Å². The number of H-pyrrole nitrogens is 1. The molecule has 0 aliphatic heterocycles. The van der Waals surface area contributed by atoms with Gasteiger partial charge in [-0.3, -0.25) is 9.59 Å². The summed E-state index contributed by atoms with van der Waals surface area (Å²) in [6.07, 6.45) is 0.429. The average molecular weight is 323 g/mol. The van der Waals surface area contributed by atoms with Gasteiger partial charge in [0.2, 0.25) is 5.91 Å². The second-order valence-corrected chi connectivity index (χ2v) is 5.56. The summed E-state index contributed by atoms with van der Waals surface area (Å²) in [4.78, 5) is 26.2. The number of fused-ring (bicyclic) bond motifs is 1. The number of aromatic hydroxyl groups is 1. The predicted octanol–water partition coefficient (Wildman–Crippen LogP) is 1.74. The van der Waals surface area contributed by atoms with Crippen LogP contribution >= 0.6 is 0 Å². The van der Waals surface area contributed by atoms with E-state index >= 15 is 0 Å². The monoisotopic (exact) mass is 323 g/mol. The number of anilines is 1. The lowest BCUT2D eigenvalue weighted by atomic mass is 10.1. The van der Waals surface area contributed by atoms with Crippen molar-refractivity contribution in [3.8, 4) is 5.75 Å². The largest absolute Gasteiger partial charge is 0.507 e. The molecule has 0 saturated carbocycles. The van der Waals surface area contributed by atoms with Gasteiger partial charge in [0.1, 0.15) is 5.75 Å². The molecule has 1 atom stereocenters. The van der Waals surface area contributed by atoms with Crippen LogP contribution in [0.2, 0.25) is 0 Å². The highest BCUT2D eigenvalue weighted by Crippen LogP contribution is 2.24. The number of carbonyl (C=O) groups excluding carboxylic acids is 1. The van der Waals surface area contributed by atoms with E-state index in [9.17, 15) is 14.7 Å². The van der Waals surface area contributed by atoms with Gasteiger partial charge < -0.3 is 21.1 Å². The Morgan fingerprint density at radius 2 is 1.92 bits per heavy atom. The smallest absolute Gasteiger partial charge is 0.252 e. The predicted molar refractivity (Wildman–Crippen MR) is 93.0 cm³/mol. The molecule has 1 aromatic heterocycles. The minimum absolute atomic E-state index is 0.140. The molecule has 0 aliphatic rings. The van der Waals surface area contributed by atoms with Crippen LogP contribution in [-0.4, -0.2) is 22.0 Å². The number of aromatic amines is 1. The highest BCUT2D eigenvalue weighted by molar-refractivity contribution is 5.97. The average Bonchev–Trinajstić information content (AvgIpc) is 2.56. The maximum Gasteiger partial charge on any atom is 0.252 e. The molecular weight excluding hydrogens is 306 g/mol. The topological polar surface area (TPSA) is 108 Å². The van der Waals surface area contributed by atoms with Crippen LogP contribution in [0.1, 0.15) is 5.56 Å². The number of hydrogen-bond donors (Lipinski definition) is 4. The van der Waals surface area contributed by atoms with Crippen molar-refractivity contribution in [1.29, 1.82) is 0 Å². The zero-order valence-electron chi connectivity index (χ0n) is 12.8. The van der Waals surface area contributed by atoms with Gasteiger partial charge in [-0.1, -0.05) is 30.3 Å². The fraction of sp³-hybridized carbons (Fsp3) is 0.111. The molecule has 0 saturated heterocycles. The number of amides is 1. The van der Waals surface area contributed by atoms with Crippen LogP contribution in [0.4, 0.5) is 5.69 Å². The standard InChI is InChI=1S/C18H17N3O3/c19-14(8-11-4-2-1-3-5-11)18(24)20-12-6-7-15-13(9-12)16(22)10-17(23)21-15/h1-7,9-10,14H,8,19H2,(H,20,24)(H2,21,22,23). The molecular formula is C18H17N3O3. The van der Waals surface area contributed by atoms with Crippen molar-refractivity contribution in [1.82, 2.24) is 4.98 Å². The van der Waals surface area contributed by atoms with Gasteiger partial charge in [-0.25, -0.2) is 0 Å². The molecule has 0 fully saturated rings. The van der Waals surface area contributed by atoms with Gasteiger partial charge in [-0.15, -0.1) is 0 Å². The summed E-state index contributed by atoms with van der Waals surface area (Å²) in [7, 11) is 0. The number of benzene rings is 2. The van der Waals surface area contributed by atoms with Crippen LogP contribution in [-0.2, 0) is 11.2 Å². The fourth-order valence-corrected chi connectivity index (χ4v) is 2.51. The molecule has 6 nitrogen and oxygen atoms in total. The third-order valence-corrected chi connectivity index (χ3v) is 3.72. The van der Waals surface area contributed by atoms with Gasteiger partial charge in [0.05, 0.1) is 11.6 Å². The van der Waals surface area contributed by atoms with Gasteiger partial charge in [0.15, 0.2) is 0 Å². The van der Waals surface area contributed by atoms with Gasteiger partial charge in [0, 0.05) is 17.1 Å². The summed E-state index contributed by atoms with van der Waals surface area (Å²) in [5, 5.41) is 13.0. The maximum atomic E-state index is 12.2. The van der Waals surface area contributed by atoms with E-state index in [1.165, 1.54) is 0 Å². The van der Waals surface area contributed by atoms with Crippen molar-refractivity contribution in [2.24, 2.45) is 5.73 Å². The second kappa shape index (κ2) is 6.55. The highest BCUT2D eigenvalue weighted by atomic mass is 16.3. The Morgan fingerprint density at radius 1 is 1.17 bits per heavy atom. The van der Waals surface area contributed by atoms with E-state index in [0.717, 1.165) is 11.6 Å². The van der Waals surface area contributed by atoms with Gasteiger partial charge >= 0.3 is 0 Å². The van der Waals surface area contributed by atoms with Gasteiger partial charge in [-0.05, 0) is 30.2 Å². The third-order valence-electron chi connectivity index (χ3n) is 3.72. The van der Waals surface area contributed by atoms with Crippen LogP contribution in [0.5, 0.6) is 5.75 Å². The Morgan fingerprint density at radius 3 is 2.67 bits per heavy atom. The molecule has 0 radical (unpaired) electrons. The molecule has 1 unspecified atom stereocenters. The number of carbonyl (C=O) groups is 1. The normalized spacial score (nSPS) is 12.0. The lowest BCUT2D eigenvalue weighted by Crippen LogP contribution is -2.37. The zero-order chi connectivity index (χ0) is 17.1. The molecule has 0 bridgehead atoms. The summed E-state index contributed by atoms with van der Waals surface area (Å²) in [6, 6.07) is 14.8. The molecule has 2 aromatic carbocycles. The zero-order valence-corrected chi connectivity index (χ0v) is 12.8. The van der Waals surface area contributed by atoms with E-state index in [4.69, 9.17) is 5.73 Å². The molecule has 3 rings (SSSR count). The first-order valence-corrected chi connectivity index (χ1v) is 7.49. The van der Waals surface area contributed by atoms with Crippen molar-refractivity contribution in [2.75, 3.05) is 5.32 Å². The Labute approximate surface area is 137 Å². The molecule has 1 heterocycles. The van der Waals surface area contributed by atoms with Crippen molar-refractivity contribution in [2.45, 2.75) is 12.5 Å². The Bertz CT molecular complexity index is 935. The van der Waals surface area contributed by atoms with Gasteiger partial charge in [0.25, 0.3) is 5.56 Å². The summed E-state index contributed by atoms with van der Waals surface area (Å²) in [5.41, 5.74) is 7.53. The quantitative estimate of drug-likeness (QED) is 0.586. The molecule has 122 valence electrons. The van der Waals surface area contributed by atoms with E-state index in [1.807, 2.05) is 30.3 Å². The maximum absolute atomic E-state index is 12.2. The lowest BCUT2D eigenvalue weighted by Gasteiger charge is -2.13. The number of aromatic nitrogens is 1. The summed E-state index contributed by atoms with van der Waals surface area (Å²) in [5.74, 6) is -0.458. The number of pyridine rings is 1. The number of rotatable bonds is 4. The highest BCUT2D eigenvalue weighted by Gasteiger charge is 2.14. The minimum atomic E-state index is -0.688. The van der Waals surface area contributed by atoms with Crippen LogP contribution in [0, 0.1) is 0 Å². The van der Waals surface area contributed by atoms with E-state index in [-0.39, 0.29) is 17.2 Å². The van der Waals surface area contributed by atoms with Crippen LogP contribution in [0.25, 0.3) is 10.9 Å². The van der Waals surface area contributed by atoms with E-state index in [2.05, 4.69) is 10.3 Å². The molecule has 5 N–H and O–H groups in total. The first-order valence-electron chi connectivity index (χ1n) is 7.49. The van der Waals surface area contributed by atoms with E-state index in [1.54, 1.807) is 18.2 Å². The SMILES string of the molecule is NC(Cc1ccccc1)C(=O)Nc1ccc2[nH]c(=O)cc(O)c2c1. The summed E-state index contributed by atoms with van der Waals surface area (Å²) in [6.45, 7) is 0. The summed E-state index contributed by atoms with van der Waals surface area (Å²) >= 11 is 0. The van der Waals surface area contributed by atoms with Crippen molar-refractivity contribution in [3.05, 3.63) is 70.5 Å². The van der Waals surface area contributed by atoms with E-state index < -0.39 is 6.04 Å². The molecule has 0 aliphatic carbocycles. The number of hydrogen-bond acceptors (Lipinski definition) is 4. The molecule has 1 amide bonds. The molecule has 0 spiro atoms. The van der Waals surface area contributed by atoms with Crippen molar-refractivity contribution in [3.63, 3.8) is 0 Å². The Hall–Kier alpha value is -3.12. The minimum Gasteiger partial charge on any atom is -0.507 e. The molecule has 6 heteroatoms. The second-order valence-electron chi connectivity index (χ2n) is 5.56. The van der Waals surface area contributed by atoms with Gasteiger partial charge in [-0.2, -0.15) is 0 Å². The van der Waals surface area contributed by atoms with Crippen molar-refractivity contribution >= 4 is 22.5 Å². The van der Waals surface area contributed by atoms with Crippen LogP contribution < -0.4 is 16.6 Å².